The van der Waals surface area contributed by atoms with Gasteiger partial charge in [-0.3, -0.25) is 12.2 Å². The Morgan fingerprint density at radius 1 is 0.792 bits per heavy atom. The van der Waals surface area contributed by atoms with Crippen LogP contribution in [0.3, 0.4) is 0 Å². The summed E-state index contributed by atoms with van der Waals surface area (Å²) < 4.78 is 1.42. The summed E-state index contributed by atoms with van der Waals surface area (Å²) in [6.45, 7) is 17.4. The molecule has 2 aliphatic rings. The minimum atomic E-state index is 0. The number of hydrogen-bond acceptors (Lipinski definition) is 0. The molecule has 0 amide bonds. The van der Waals surface area contributed by atoms with Crippen LogP contribution in [0.15, 0.2) is 35.5 Å². The molecule has 24 heavy (non-hydrogen) atoms. The Bertz CT molecular complexity index is 437. The van der Waals surface area contributed by atoms with Crippen molar-refractivity contribution in [2.45, 2.75) is 68.2 Å². The van der Waals surface area contributed by atoms with E-state index >= 15 is 0 Å². The number of halogens is 2. The fourth-order valence-corrected chi connectivity index (χ4v) is 1.84. The summed E-state index contributed by atoms with van der Waals surface area (Å²) in [7, 11) is 0. The van der Waals surface area contributed by atoms with E-state index < -0.39 is 0 Å². The summed E-state index contributed by atoms with van der Waals surface area (Å²) in [5.41, 5.74) is 3.30. The monoisotopic (exact) mass is 404 g/mol. The molecule has 3 heteroatoms. The van der Waals surface area contributed by atoms with Crippen molar-refractivity contribution in [1.29, 1.82) is 0 Å². The van der Waals surface area contributed by atoms with Crippen LogP contribution in [-0.4, -0.2) is 3.81 Å². The number of hydrogen-bond donors (Lipinski definition) is 0. The van der Waals surface area contributed by atoms with Gasteiger partial charge in [0, 0.05) is 0 Å². The third-order valence-corrected chi connectivity index (χ3v) is 3.01. The molecule has 0 fully saturated rings. The van der Waals surface area contributed by atoms with Crippen molar-refractivity contribution in [3.8, 4) is 0 Å². The van der Waals surface area contributed by atoms with Crippen LogP contribution in [0.1, 0.15) is 68.2 Å². The molecule has 0 aromatic rings. The maximum atomic E-state index is 3.30. The topological polar surface area (TPSA) is 0 Å². The van der Waals surface area contributed by atoms with Crippen molar-refractivity contribution in [3.63, 3.8) is 0 Å². The fourth-order valence-electron chi connectivity index (χ4n) is 1.84. The van der Waals surface area contributed by atoms with E-state index in [1.165, 1.54) is 15.0 Å². The van der Waals surface area contributed by atoms with Gasteiger partial charge in [-0.15, -0.1) is 37.7 Å². The maximum Gasteiger partial charge on any atom is -0.147 e. The molecule has 0 aromatic carbocycles. The quantitative estimate of drug-likeness (QED) is 0.300. The van der Waals surface area contributed by atoms with E-state index in [1.54, 1.807) is 0 Å². The van der Waals surface area contributed by atoms with Gasteiger partial charge in [0.1, 0.15) is 0 Å². The van der Waals surface area contributed by atoms with Gasteiger partial charge in [-0.05, 0) is 10.8 Å². The molecule has 0 saturated carbocycles. The summed E-state index contributed by atoms with van der Waals surface area (Å²) in [4.78, 5) is 0. The molecule has 0 aliphatic heterocycles. The van der Waals surface area contributed by atoms with Crippen molar-refractivity contribution in [3.05, 3.63) is 47.6 Å². The average molecular weight is 405 g/mol. The summed E-state index contributed by atoms with van der Waals surface area (Å²) in [5, 5.41) is 0. The van der Waals surface area contributed by atoms with Crippen LogP contribution in [0.25, 0.3) is 0 Å². The van der Waals surface area contributed by atoms with Crippen LogP contribution in [0.5, 0.6) is 0 Å². The van der Waals surface area contributed by atoms with Crippen LogP contribution in [-0.2, 0) is 20.0 Å². The molecule has 2 rings (SSSR count). The second kappa shape index (κ2) is 13.3. The molecule has 0 bridgehead atoms. The third-order valence-electron chi connectivity index (χ3n) is 3.01. The summed E-state index contributed by atoms with van der Waals surface area (Å²) >= 11 is 2.08. The van der Waals surface area contributed by atoms with Crippen LogP contribution in [0.2, 0.25) is 0 Å². The first-order valence-electron chi connectivity index (χ1n) is 8.02. The van der Waals surface area contributed by atoms with Crippen LogP contribution >= 0.6 is 24.8 Å². The molecule has 0 aromatic heterocycles. The Balaban J connectivity index is -0.000000283. The summed E-state index contributed by atoms with van der Waals surface area (Å²) in [6, 6.07) is 0. The largest absolute Gasteiger partial charge is 0.147 e. The van der Waals surface area contributed by atoms with Gasteiger partial charge in [0.05, 0.1) is 0 Å². The van der Waals surface area contributed by atoms with E-state index in [4.69, 9.17) is 0 Å². The Kier molecular flexibility index (Phi) is 16.1. The Hall–Kier alpha value is 0.124. The molecule has 2 aliphatic carbocycles. The Morgan fingerprint density at radius 3 is 1.12 bits per heavy atom. The molecule has 0 spiro atoms. The van der Waals surface area contributed by atoms with Gasteiger partial charge in [-0.1, -0.05) is 41.5 Å². The molecule has 0 N–H and O–H groups in total. The van der Waals surface area contributed by atoms with E-state index in [1.807, 2.05) is 0 Å². The molecule has 0 radical (unpaired) electrons. The molecule has 0 heterocycles. The Morgan fingerprint density at radius 2 is 1.04 bits per heavy atom. The molecule has 0 unspecified atom stereocenters. The normalized spacial score (nSPS) is 14.9. The van der Waals surface area contributed by atoms with Gasteiger partial charge in [0.2, 0.25) is 0 Å². The molecule has 0 nitrogen and oxygen atoms in total. The molecular formula is C21H34Cl2Ti. The summed E-state index contributed by atoms with van der Waals surface area (Å²) in [6.07, 6.45) is 17.3. The molecule has 0 atom stereocenters. The number of rotatable bonds is 0. The van der Waals surface area contributed by atoms with E-state index in [9.17, 15) is 0 Å². The number of allylic oxidation sites excluding steroid dienone is 8. The first kappa shape index (κ1) is 28.9. The van der Waals surface area contributed by atoms with Crippen molar-refractivity contribution < 1.29 is 20.0 Å². The van der Waals surface area contributed by atoms with E-state index in [0.29, 0.717) is 10.8 Å². The van der Waals surface area contributed by atoms with Gasteiger partial charge < -0.3 is 0 Å². The standard InChI is InChI=1S/2C9H13.C3H6.2ClH.Ti/c2*1-9(2,3)8-6-4-5-7-8;1-3-2;;;/h2*4,6H,5H2,1-3H3;1-2H3;2*1H;/q2*-1;;;;+2. The molecule has 0 saturated heterocycles. The minimum Gasteiger partial charge on any atom is -0.147 e. The van der Waals surface area contributed by atoms with Gasteiger partial charge in [-0.25, -0.2) is 23.3 Å². The first-order valence-corrected chi connectivity index (χ1v) is 8.80. The first-order chi connectivity index (χ1) is 9.94. The van der Waals surface area contributed by atoms with Gasteiger partial charge in [0.25, 0.3) is 0 Å². The second-order valence-electron chi connectivity index (χ2n) is 7.89. The van der Waals surface area contributed by atoms with Gasteiger partial charge >= 0.3 is 37.6 Å². The Labute approximate surface area is 174 Å². The van der Waals surface area contributed by atoms with E-state index in [2.05, 4.69) is 112 Å². The zero-order valence-corrected chi connectivity index (χ0v) is 19.7. The van der Waals surface area contributed by atoms with Crippen molar-refractivity contribution in [2.24, 2.45) is 10.8 Å². The third kappa shape index (κ3) is 14.5. The zero-order valence-electron chi connectivity index (χ0n) is 16.5. The van der Waals surface area contributed by atoms with Crippen LogP contribution in [0, 0.1) is 23.0 Å². The van der Waals surface area contributed by atoms with Crippen LogP contribution < -0.4 is 0 Å². The fraction of sp³-hybridized carbons (Fsp3) is 0.571. The second-order valence-corrected chi connectivity index (χ2v) is 9.46. The smallest absolute Gasteiger partial charge is 0.147 e. The summed E-state index contributed by atoms with van der Waals surface area (Å²) in [5.74, 6) is 0. The van der Waals surface area contributed by atoms with Gasteiger partial charge in [0.15, 0.2) is 0 Å². The van der Waals surface area contributed by atoms with Crippen molar-refractivity contribution in [1.82, 2.24) is 0 Å². The molecule has 136 valence electrons. The van der Waals surface area contributed by atoms with E-state index in [0.717, 1.165) is 12.8 Å². The van der Waals surface area contributed by atoms with Crippen LogP contribution in [0.4, 0.5) is 0 Å². The van der Waals surface area contributed by atoms with Crippen molar-refractivity contribution in [2.75, 3.05) is 0 Å². The van der Waals surface area contributed by atoms with Gasteiger partial charge in [-0.2, -0.15) is 12.2 Å². The van der Waals surface area contributed by atoms with Crippen molar-refractivity contribution >= 4 is 28.6 Å². The maximum absolute atomic E-state index is 3.30. The SMILES string of the molecule is CC(C)(C)C1=[C-]CC=C1.CC(C)(C)C1=[C-]CC=C1.C[C](C)=[Ti+2].Cl.Cl. The predicted molar refractivity (Wildman–Crippen MR) is 111 cm³/mol. The zero-order chi connectivity index (χ0) is 17.4. The predicted octanol–water partition coefficient (Wildman–Crippen LogP) is 7.03. The average Bonchev–Trinajstić information content (AvgIpc) is 3.02. The minimum absolute atomic E-state index is 0. The van der Waals surface area contributed by atoms with E-state index in [-0.39, 0.29) is 24.8 Å². The molecular weight excluding hydrogens is 371 g/mol.